The molecular weight excluding hydrogens is 919 g/mol. The second kappa shape index (κ2) is 25.6. The zero-order valence-electron chi connectivity index (χ0n) is 36.5. The van der Waals surface area contributed by atoms with Crippen molar-refractivity contribution in [3.8, 4) is 0 Å². The molecule has 22 heteroatoms. The molecule has 1 aromatic rings. The number of carbonyl (C=O) groups excluding carboxylic acids is 1. The standard InChI is InChI=1S/C44H57F8NO12S/c1-4-58-30-61-37-36-34(29-60-39(63-36)32-22-16-14-17-23-32)62-40(57-3)38(37)64-66(55,56)44(51,52)43(49,50)65-42(47,48)41(45,46)26-20-13-8-6-5-7-12-19-25-35(54)53-27-28-59-33-24-18-11-9-10-15-21-31(33)2/h9-11,14-18,21-24,34,36-40H,2,4-8,12-13,19-20,25-30H2,1,3H3,(H,53,54)/b10-9-,18-11-,21-15-,33-24+. The number of fused-ring (bicyclic) bond motifs is 1. The van der Waals surface area contributed by atoms with Crippen molar-refractivity contribution in [1.29, 1.82) is 0 Å². The first-order chi connectivity index (χ1) is 31.3. The number of hydrogen-bond donors (Lipinski definition) is 1. The zero-order chi connectivity index (χ0) is 48.4. The van der Waals surface area contributed by atoms with Gasteiger partial charge in [-0.05, 0) is 25.8 Å². The maximum absolute atomic E-state index is 15.2. The molecule has 4 rings (SSSR count). The van der Waals surface area contributed by atoms with E-state index in [1.807, 2.05) is 24.3 Å². The number of unbranched alkanes of at least 4 members (excludes halogenated alkanes) is 7. The fraction of sp³-hybridized carbons (Fsp3) is 0.614. The van der Waals surface area contributed by atoms with Gasteiger partial charge in [0.25, 0.3) is 0 Å². The highest BCUT2D eigenvalue weighted by Crippen LogP contribution is 2.49. The van der Waals surface area contributed by atoms with E-state index in [-0.39, 0.29) is 51.5 Å². The molecule has 6 atom stereocenters. The van der Waals surface area contributed by atoms with E-state index in [9.17, 15) is 39.6 Å². The van der Waals surface area contributed by atoms with Gasteiger partial charge in [0, 0.05) is 37.7 Å². The van der Waals surface area contributed by atoms with E-state index in [1.54, 1.807) is 55.5 Å². The van der Waals surface area contributed by atoms with Crippen LogP contribution < -0.4 is 5.32 Å². The summed E-state index contributed by atoms with van der Waals surface area (Å²) in [4.78, 5) is 12.2. The molecule has 0 saturated carbocycles. The average Bonchev–Trinajstić information content (AvgIpc) is 3.37. The van der Waals surface area contributed by atoms with Crippen LogP contribution in [0.1, 0.15) is 83.0 Å². The molecule has 0 aromatic heterocycles. The Bertz CT molecular complexity index is 1920. The predicted octanol–water partition coefficient (Wildman–Crippen LogP) is 9.15. The van der Waals surface area contributed by atoms with Crippen LogP contribution in [0, 0.1) is 0 Å². The van der Waals surface area contributed by atoms with Gasteiger partial charge in [-0.15, -0.1) is 0 Å². The lowest BCUT2D eigenvalue weighted by Crippen LogP contribution is -2.65. The van der Waals surface area contributed by atoms with Gasteiger partial charge in [-0.2, -0.15) is 43.5 Å². The molecule has 2 aliphatic heterocycles. The summed E-state index contributed by atoms with van der Waals surface area (Å²) in [5.74, 6) is -5.03. The molecular formula is C44H57F8NO12S. The molecule has 3 aliphatic rings. The van der Waals surface area contributed by atoms with Crippen molar-refractivity contribution in [2.24, 2.45) is 0 Å². The minimum Gasteiger partial charge on any atom is -0.491 e. The number of hydrogen-bond acceptors (Lipinski definition) is 12. The van der Waals surface area contributed by atoms with E-state index in [0.717, 1.165) is 7.11 Å². The number of ether oxygens (including phenoxy) is 8. The quantitative estimate of drug-likeness (QED) is 0.0370. The van der Waals surface area contributed by atoms with E-state index >= 15 is 8.78 Å². The summed E-state index contributed by atoms with van der Waals surface area (Å²) in [7, 11) is -6.17. The molecule has 13 nitrogen and oxygen atoms in total. The number of carbonyl (C=O) groups is 1. The summed E-state index contributed by atoms with van der Waals surface area (Å²) in [5.41, 5.74) is 1.13. The Morgan fingerprint density at radius 1 is 0.848 bits per heavy atom. The summed E-state index contributed by atoms with van der Waals surface area (Å²) in [6.45, 7) is 5.16. The fourth-order valence-electron chi connectivity index (χ4n) is 6.78. The number of amides is 1. The Hall–Kier alpha value is -3.74. The Labute approximate surface area is 379 Å². The first kappa shape index (κ1) is 54.9. The molecule has 0 spiro atoms. The fourth-order valence-corrected chi connectivity index (χ4v) is 7.73. The SMILES string of the molecule is C=C1\C=C/C=C\C=C/C=C\1OCCNC(=O)CCCCCCCCCCC(F)(F)C(F)(F)OC(F)(F)C(F)(F)S(=O)(=O)OC1C(OC)OC2COC(c3ccccc3)OC2C1OCOCC. The number of halogens is 8. The van der Waals surface area contributed by atoms with Crippen molar-refractivity contribution in [2.45, 2.75) is 132 Å². The van der Waals surface area contributed by atoms with E-state index in [4.69, 9.17) is 33.2 Å². The lowest BCUT2D eigenvalue weighted by atomic mass is 9.97. The number of alkyl halides is 8. The van der Waals surface area contributed by atoms with Crippen molar-refractivity contribution in [3.05, 3.63) is 96.3 Å². The van der Waals surface area contributed by atoms with Gasteiger partial charge in [0.1, 0.15) is 37.5 Å². The normalized spacial score (nSPS) is 25.4. The zero-order valence-corrected chi connectivity index (χ0v) is 37.4. The topological polar surface area (TPSA) is 146 Å². The van der Waals surface area contributed by atoms with Gasteiger partial charge in [-0.1, -0.05) is 112 Å². The molecule has 1 amide bonds. The number of benzene rings is 1. The van der Waals surface area contributed by atoms with Crippen molar-refractivity contribution in [2.75, 3.05) is 40.3 Å². The van der Waals surface area contributed by atoms with Crippen molar-refractivity contribution in [1.82, 2.24) is 5.32 Å². The van der Waals surface area contributed by atoms with Crippen molar-refractivity contribution < 1.29 is 90.4 Å². The Kier molecular flexibility index (Phi) is 21.3. The van der Waals surface area contributed by atoms with Crippen LogP contribution >= 0.6 is 0 Å². The molecule has 66 heavy (non-hydrogen) atoms. The van der Waals surface area contributed by atoms with Crippen LogP contribution in [-0.2, 0) is 57.0 Å². The molecule has 1 N–H and O–H groups in total. The number of methoxy groups -OCH3 is 1. The van der Waals surface area contributed by atoms with E-state index in [1.165, 1.54) is 0 Å². The monoisotopic (exact) mass is 975 g/mol. The van der Waals surface area contributed by atoms with Gasteiger partial charge >= 0.3 is 33.5 Å². The van der Waals surface area contributed by atoms with Crippen LogP contribution in [0.25, 0.3) is 0 Å². The van der Waals surface area contributed by atoms with E-state index in [2.05, 4.69) is 20.8 Å². The Morgan fingerprint density at radius 2 is 1.50 bits per heavy atom. The molecule has 2 heterocycles. The van der Waals surface area contributed by atoms with Crippen LogP contribution in [0.5, 0.6) is 0 Å². The van der Waals surface area contributed by atoms with E-state index < -0.39 is 90.1 Å². The smallest absolute Gasteiger partial charge is 0.460 e. The lowest BCUT2D eigenvalue weighted by molar-refractivity contribution is -0.457. The summed E-state index contributed by atoms with van der Waals surface area (Å²) in [5, 5.41) is -3.93. The summed E-state index contributed by atoms with van der Waals surface area (Å²) in [6, 6.07) is 8.17. The molecule has 1 aliphatic carbocycles. The van der Waals surface area contributed by atoms with Gasteiger partial charge in [0.2, 0.25) is 5.91 Å². The van der Waals surface area contributed by atoms with E-state index in [0.29, 0.717) is 49.0 Å². The second-order valence-electron chi connectivity index (χ2n) is 15.3. The second-order valence-corrected chi connectivity index (χ2v) is 16.9. The van der Waals surface area contributed by atoms with Crippen molar-refractivity contribution >= 4 is 16.0 Å². The van der Waals surface area contributed by atoms with Crippen LogP contribution in [0.2, 0.25) is 0 Å². The molecule has 0 radical (unpaired) electrons. The molecule has 372 valence electrons. The third-order valence-electron chi connectivity index (χ3n) is 10.3. The maximum Gasteiger partial charge on any atom is 0.460 e. The molecule has 1 aromatic carbocycles. The van der Waals surface area contributed by atoms with Gasteiger partial charge in [0.05, 0.1) is 13.2 Å². The molecule has 2 fully saturated rings. The van der Waals surface area contributed by atoms with Crippen LogP contribution in [0.3, 0.4) is 0 Å². The Morgan fingerprint density at radius 3 is 2.18 bits per heavy atom. The van der Waals surface area contributed by atoms with Crippen molar-refractivity contribution in [3.63, 3.8) is 0 Å². The lowest BCUT2D eigenvalue weighted by Gasteiger charge is -2.48. The first-order valence-corrected chi connectivity index (χ1v) is 22.8. The average molecular weight is 976 g/mol. The first-order valence-electron chi connectivity index (χ1n) is 21.4. The number of rotatable bonds is 28. The minimum absolute atomic E-state index is 0.0428. The molecule has 2 saturated heterocycles. The highest BCUT2D eigenvalue weighted by Gasteiger charge is 2.75. The predicted molar refractivity (Wildman–Crippen MR) is 221 cm³/mol. The highest BCUT2D eigenvalue weighted by molar-refractivity contribution is 7.87. The Balaban J connectivity index is 1.21. The van der Waals surface area contributed by atoms with Gasteiger partial charge in [0.15, 0.2) is 18.7 Å². The van der Waals surface area contributed by atoms with Gasteiger partial charge in [-0.3, -0.25) is 8.98 Å². The maximum atomic E-state index is 15.2. The van der Waals surface area contributed by atoms with Crippen LogP contribution in [-0.4, -0.2) is 109 Å². The highest BCUT2D eigenvalue weighted by atomic mass is 32.2. The van der Waals surface area contributed by atoms with Crippen LogP contribution in [0.15, 0.2) is 90.8 Å². The minimum atomic E-state index is -7.09. The largest absolute Gasteiger partial charge is 0.491 e. The third-order valence-corrected chi connectivity index (χ3v) is 11.7. The van der Waals surface area contributed by atoms with Gasteiger partial charge < -0.3 is 38.5 Å². The van der Waals surface area contributed by atoms with Gasteiger partial charge in [-0.25, -0.2) is 4.74 Å². The van der Waals surface area contributed by atoms with Crippen LogP contribution in [0.4, 0.5) is 35.1 Å². The third kappa shape index (κ3) is 15.4. The summed E-state index contributed by atoms with van der Waals surface area (Å²) >= 11 is 0. The number of nitrogens with one attached hydrogen (secondary N) is 1. The molecule has 0 bridgehead atoms. The summed E-state index contributed by atoms with van der Waals surface area (Å²) < 4.78 is 191. The molecule has 6 unspecified atom stereocenters. The summed E-state index contributed by atoms with van der Waals surface area (Å²) in [6.07, 6.45) is -9.01. The number of allylic oxidation sites excluding steroid dienone is 7.